The highest BCUT2D eigenvalue weighted by Crippen LogP contribution is 2.26. The highest BCUT2D eigenvalue weighted by Gasteiger charge is 2.25. The van der Waals surface area contributed by atoms with Crippen LogP contribution < -0.4 is 16.0 Å². The van der Waals surface area contributed by atoms with Gasteiger partial charge in [0.1, 0.15) is 4.99 Å². The maximum atomic E-state index is 11.6. The van der Waals surface area contributed by atoms with E-state index >= 15 is 0 Å². The second kappa shape index (κ2) is 6.02. The Hall–Kier alpha value is -1.62. The second-order valence-corrected chi connectivity index (χ2v) is 5.20. The molecular formula is C14H19N3OS. The van der Waals surface area contributed by atoms with E-state index in [9.17, 15) is 4.79 Å². The minimum atomic E-state index is 0.123. The Balaban J connectivity index is 2.10. The molecule has 0 saturated carbocycles. The Morgan fingerprint density at radius 1 is 1.37 bits per heavy atom. The first-order valence-electron chi connectivity index (χ1n) is 6.49. The average molecular weight is 277 g/mol. The van der Waals surface area contributed by atoms with Crippen molar-refractivity contribution in [1.29, 1.82) is 0 Å². The minimum Gasteiger partial charge on any atom is -0.389 e. The molecule has 4 nitrogen and oxygen atoms in total. The standard InChI is InChI=1S/C14H19N3OS/c1-16-14(18)10-6-8-17(9-7-10)12-5-3-2-4-11(12)13(15)19/h2-5,10H,6-9H2,1H3,(H2,15,19)(H,16,18). The molecule has 5 heteroatoms. The van der Waals surface area contributed by atoms with E-state index in [-0.39, 0.29) is 11.8 Å². The fourth-order valence-electron chi connectivity index (χ4n) is 2.54. The fourth-order valence-corrected chi connectivity index (χ4v) is 2.72. The maximum absolute atomic E-state index is 11.6. The van der Waals surface area contributed by atoms with Crippen LogP contribution in [-0.4, -0.2) is 31.0 Å². The Bertz CT molecular complexity index is 481. The predicted molar refractivity (Wildman–Crippen MR) is 81.3 cm³/mol. The van der Waals surface area contributed by atoms with Crippen molar-refractivity contribution in [3.8, 4) is 0 Å². The third-order valence-electron chi connectivity index (χ3n) is 3.62. The number of hydrogen-bond acceptors (Lipinski definition) is 3. The van der Waals surface area contributed by atoms with Crippen molar-refractivity contribution in [2.24, 2.45) is 11.7 Å². The number of nitrogens with one attached hydrogen (secondary N) is 1. The molecule has 102 valence electrons. The summed E-state index contributed by atoms with van der Waals surface area (Å²) >= 11 is 5.09. The van der Waals surface area contributed by atoms with E-state index < -0.39 is 0 Å². The van der Waals surface area contributed by atoms with Crippen molar-refractivity contribution < 1.29 is 4.79 Å². The highest BCUT2D eigenvalue weighted by molar-refractivity contribution is 7.80. The number of piperidine rings is 1. The number of nitrogens with zero attached hydrogens (tertiary/aromatic N) is 1. The highest BCUT2D eigenvalue weighted by atomic mass is 32.1. The largest absolute Gasteiger partial charge is 0.389 e. The normalized spacial score (nSPS) is 16.2. The number of carbonyl (C=O) groups excluding carboxylic acids is 1. The van der Waals surface area contributed by atoms with Crippen LogP contribution in [0.1, 0.15) is 18.4 Å². The van der Waals surface area contributed by atoms with Crippen molar-refractivity contribution >= 4 is 28.8 Å². The first-order valence-corrected chi connectivity index (χ1v) is 6.89. The van der Waals surface area contributed by atoms with Gasteiger partial charge >= 0.3 is 0 Å². The van der Waals surface area contributed by atoms with Crippen molar-refractivity contribution in [2.45, 2.75) is 12.8 Å². The van der Waals surface area contributed by atoms with Gasteiger partial charge in [-0.15, -0.1) is 0 Å². The molecule has 1 heterocycles. The molecule has 0 atom stereocenters. The zero-order valence-electron chi connectivity index (χ0n) is 11.1. The molecule has 1 aromatic rings. The van der Waals surface area contributed by atoms with Gasteiger partial charge in [0.25, 0.3) is 0 Å². The third kappa shape index (κ3) is 3.04. The number of carbonyl (C=O) groups is 1. The number of rotatable bonds is 3. The summed E-state index contributed by atoms with van der Waals surface area (Å²) in [6, 6.07) is 7.91. The summed E-state index contributed by atoms with van der Waals surface area (Å²) in [5.41, 5.74) is 7.75. The molecule has 1 amide bonds. The van der Waals surface area contributed by atoms with Gasteiger partial charge in [-0.1, -0.05) is 24.4 Å². The number of para-hydroxylation sites is 1. The lowest BCUT2D eigenvalue weighted by molar-refractivity contribution is -0.125. The molecule has 3 N–H and O–H groups in total. The summed E-state index contributed by atoms with van der Waals surface area (Å²) in [5.74, 6) is 0.264. The zero-order chi connectivity index (χ0) is 13.8. The Morgan fingerprint density at radius 3 is 2.58 bits per heavy atom. The Labute approximate surface area is 119 Å². The van der Waals surface area contributed by atoms with Crippen LogP contribution in [0.25, 0.3) is 0 Å². The summed E-state index contributed by atoms with van der Waals surface area (Å²) in [4.78, 5) is 14.3. The summed E-state index contributed by atoms with van der Waals surface area (Å²) in [6.07, 6.45) is 1.73. The molecule has 1 aromatic carbocycles. The number of hydrogen-bond donors (Lipinski definition) is 2. The minimum absolute atomic E-state index is 0.123. The lowest BCUT2D eigenvalue weighted by Crippen LogP contribution is -2.40. The molecule has 0 unspecified atom stereocenters. The van der Waals surface area contributed by atoms with E-state index in [0.29, 0.717) is 4.99 Å². The van der Waals surface area contributed by atoms with Crippen LogP contribution in [0.3, 0.4) is 0 Å². The second-order valence-electron chi connectivity index (χ2n) is 4.76. The van der Waals surface area contributed by atoms with Crippen LogP contribution in [0.4, 0.5) is 5.69 Å². The lowest BCUT2D eigenvalue weighted by atomic mass is 9.95. The molecule has 0 radical (unpaired) electrons. The summed E-state index contributed by atoms with van der Waals surface area (Å²) in [7, 11) is 1.69. The van der Waals surface area contributed by atoms with Crippen LogP contribution in [0, 0.1) is 5.92 Å². The van der Waals surface area contributed by atoms with Crippen molar-refractivity contribution in [1.82, 2.24) is 5.32 Å². The zero-order valence-corrected chi connectivity index (χ0v) is 11.9. The van der Waals surface area contributed by atoms with E-state index in [1.54, 1.807) is 7.05 Å². The molecular weight excluding hydrogens is 258 g/mol. The summed E-state index contributed by atoms with van der Waals surface area (Å²) < 4.78 is 0. The molecule has 19 heavy (non-hydrogen) atoms. The predicted octanol–water partition coefficient (Wildman–Crippen LogP) is 1.28. The van der Waals surface area contributed by atoms with E-state index in [1.165, 1.54) is 0 Å². The average Bonchev–Trinajstić information content (AvgIpc) is 2.46. The van der Waals surface area contributed by atoms with Gasteiger partial charge in [0, 0.05) is 37.3 Å². The SMILES string of the molecule is CNC(=O)C1CCN(c2ccccc2C(N)=S)CC1. The van der Waals surface area contributed by atoms with Crippen molar-refractivity contribution in [3.63, 3.8) is 0 Å². The maximum Gasteiger partial charge on any atom is 0.222 e. The monoisotopic (exact) mass is 277 g/mol. The number of anilines is 1. The topological polar surface area (TPSA) is 58.4 Å². The summed E-state index contributed by atoms with van der Waals surface area (Å²) in [6.45, 7) is 1.72. The van der Waals surface area contributed by atoms with Crippen LogP contribution in [0.2, 0.25) is 0 Å². The molecule has 0 bridgehead atoms. The van der Waals surface area contributed by atoms with Gasteiger partial charge in [0.15, 0.2) is 0 Å². The van der Waals surface area contributed by atoms with Crippen LogP contribution in [0.5, 0.6) is 0 Å². The van der Waals surface area contributed by atoms with Crippen LogP contribution in [0.15, 0.2) is 24.3 Å². The van der Waals surface area contributed by atoms with Gasteiger partial charge in [-0.05, 0) is 25.0 Å². The molecule has 1 fully saturated rings. The molecule has 1 aliphatic heterocycles. The first kappa shape index (κ1) is 13.8. The number of benzene rings is 1. The van der Waals surface area contributed by atoms with Gasteiger partial charge in [-0.3, -0.25) is 4.79 Å². The first-order chi connectivity index (χ1) is 9.13. The van der Waals surface area contributed by atoms with Gasteiger partial charge < -0.3 is 16.0 Å². The molecule has 0 aromatic heterocycles. The van der Waals surface area contributed by atoms with E-state index in [2.05, 4.69) is 10.2 Å². The van der Waals surface area contributed by atoms with Crippen LogP contribution in [-0.2, 0) is 4.79 Å². The van der Waals surface area contributed by atoms with E-state index in [4.69, 9.17) is 18.0 Å². The van der Waals surface area contributed by atoms with Gasteiger partial charge in [0.05, 0.1) is 0 Å². The van der Waals surface area contributed by atoms with Crippen molar-refractivity contribution in [3.05, 3.63) is 29.8 Å². The number of thiocarbonyl (C=S) groups is 1. The quantitative estimate of drug-likeness (QED) is 0.817. The molecule has 2 rings (SSSR count). The van der Waals surface area contributed by atoms with Crippen LogP contribution >= 0.6 is 12.2 Å². The van der Waals surface area contributed by atoms with E-state index in [1.807, 2.05) is 24.3 Å². The molecule has 0 spiro atoms. The fraction of sp³-hybridized carbons (Fsp3) is 0.429. The third-order valence-corrected chi connectivity index (χ3v) is 3.84. The van der Waals surface area contributed by atoms with E-state index in [0.717, 1.165) is 37.2 Å². The molecule has 1 saturated heterocycles. The number of amides is 1. The number of nitrogens with two attached hydrogens (primary N) is 1. The van der Waals surface area contributed by atoms with Crippen molar-refractivity contribution in [2.75, 3.05) is 25.0 Å². The van der Waals surface area contributed by atoms with Gasteiger partial charge in [-0.25, -0.2) is 0 Å². The Kier molecular flexibility index (Phi) is 4.37. The van der Waals surface area contributed by atoms with Gasteiger partial charge in [-0.2, -0.15) is 0 Å². The smallest absolute Gasteiger partial charge is 0.222 e. The Morgan fingerprint density at radius 2 is 2.00 bits per heavy atom. The molecule has 1 aliphatic rings. The lowest BCUT2D eigenvalue weighted by Gasteiger charge is -2.33. The molecule has 0 aliphatic carbocycles. The summed E-state index contributed by atoms with van der Waals surface area (Å²) in [5, 5.41) is 2.72. The van der Waals surface area contributed by atoms with Gasteiger partial charge in [0.2, 0.25) is 5.91 Å².